The summed E-state index contributed by atoms with van der Waals surface area (Å²) < 4.78 is 41.9. The smallest absolute Gasteiger partial charge is 0.263 e. The van der Waals surface area contributed by atoms with Crippen molar-refractivity contribution in [2.45, 2.75) is 48.9 Å². The predicted octanol–water partition coefficient (Wildman–Crippen LogP) is 4.77. The topological polar surface area (TPSA) is 184 Å². The lowest BCUT2D eigenvalue weighted by molar-refractivity contribution is -0.119. The van der Waals surface area contributed by atoms with Crippen molar-refractivity contribution in [3.8, 4) is 28.9 Å². The van der Waals surface area contributed by atoms with Crippen LogP contribution in [0.4, 0.5) is 5.82 Å². The highest BCUT2D eigenvalue weighted by molar-refractivity contribution is 7.99. The Labute approximate surface area is 272 Å². The number of guanidine groups is 1. The highest BCUT2D eigenvalue weighted by Crippen LogP contribution is 2.41. The average Bonchev–Trinajstić information content (AvgIpc) is 3.04. The number of nitrogens with one attached hydrogen (secondary N) is 2. The van der Waals surface area contributed by atoms with Crippen molar-refractivity contribution in [3.05, 3.63) is 72.6 Å². The van der Waals surface area contributed by atoms with E-state index < -0.39 is 10.0 Å². The van der Waals surface area contributed by atoms with E-state index in [0.717, 1.165) is 5.56 Å². The van der Waals surface area contributed by atoms with Crippen LogP contribution >= 0.6 is 11.8 Å². The molecule has 0 atom stereocenters. The monoisotopic (exact) mass is 664 g/mol. The van der Waals surface area contributed by atoms with Gasteiger partial charge < -0.3 is 15.2 Å². The Morgan fingerprint density at radius 3 is 2.28 bits per heavy atom. The zero-order chi connectivity index (χ0) is 33.3. The number of thioether (sulfide) groups is 1. The first-order chi connectivity index (χ1) is 21.9. The summed E-state index contributed by atoms with van der Waals surface area (Å²) in [4.78, 5) is 33.7. The lowest BCUT2D eigenvalue weighted by Gasteiger charge is -2.20. The molecular formula is C31H36N8O5S2. The van der Waals surface area contributed by atoms with Crippen molar-refractivity contribution in [2.24, 2.45) is 10.7 Å². The number of hydrogen-bond acceptors (Lipinski definition) is 11. The second-order valence-corrected chi connectivity index (χ2v) is 13.6. The zero-order valence-corrected chi connectivity index (χ0v) is 27.8. The van der Waals surface area contributed by atoms with Gasteiger partial charge in [0.05, 0.1) is 12.0 Å². The minimum Gasteiger partial charge on any atom is -0.493 e. The van der Waals surface area contributed by atoms with Crippen LogP contribution in [-0.2, 0) is 20.2 Å². The summed E-state index contributed by atoms with van der Waals surface area (Å²) in [5.74, 6) is 1.02. The molecule has 0 spiro atoms. The molecule has 0 aliphatic rings. The van der Waals surface area contributed by atoms with Gasteiger partial charge in [0.2, 0.25) is 17.5 Å². The van der Waals surface area contributed by atoms with Crippen LogP contribution in [-0.4, -0.2) is 60.1 Å². The first-order valence-electron chi connectivity index (χ1n) is 14.2. The van der Waals surface area contributed by atoms with Gasteiger partial charge in [-0.1, -0.05) is 45.0 Å². The Morgan fingerprint density at radius 1 is 0.978 bits per heavy atom. The molecule has 242 valence electrons. The highest BCUT2D eigenvalue weighted by Gasteiger charge is 2.26. The van der Waals surface area contributed by atoms with Crippen LogP contribution in [0.1, 0.15) is 39.2 Å². The number of para-hydroxylation sites is 2. The van der Waals surface area contributed by atoms with E-state index >= 15 is 0 Å². The highest BCUT2D eigenvalue weighted by atomic mass is 32.2. The van der Waals surface area contributed by atoms with Gasteiger partial charge in [-0.05, 0) is 47.7 Å². The molecule has 0 saturated heterocycles. The van der Waals surface area contributed by atoms with Gasteiger partial charge in [-0.25, -0.2) is 28.4 Å². The van der Waals surface area contributed by atoms with Crippen molar-refractivity contribution in [1.29, 1.82) is 0 Å². The van der Waals surface area contributed by atoms with E-state index in [2.05, 4.69) is 35.0 Å². The van der Waals surface area contributed by atoms with E-state index in [1.807, 2.05) is 20.8 Å². The molecule has 0 aliphatic heterocycles. The number of amides is 1. The zero-order valence-electron chi connectivity index (χ0n) is 26.1. The molecule has 15 heteroatoms. The molecule has 0 radical (unpaired) electrons. The Kier molecular flexibility index (Phi) is 11.1. The van der Waals surface area contributed by atoms with Crippen LogP contribution in [0.5, 0.6) is 17.2 Å². The molecule has 1 amide bonds. The van der Waals surface area contributed by atoms with Gasteiger partial charge in [0.25, 0.3) is 10.0 Å². The minimum atomic E-state index is -4.15. The standard InChI is InChI=1S/C31H36N8O5S2/c1-31(2,3)20-13-15-21(16-14-20)46(41,42)39-26-25(44-23-11-7-6-10-22(23)43-5)29(38-28(37-26)27-34-17-9-18-35-27)45-19-8-12-24(40)36-30(32)33-4/h6-7,9-11,13-18H,8,12,19H2,1-5H3,(H,37,38,39)(H3,32,33,36,40). The van der Waals surface area contributed by atoms with Gasteiger partial charge in [0.1, 0.15) is 5.03 Å². The largest absolute Gasteiger partial charge is 0.493 e. The minimum absolute atomic E-state index is 0.0263. The second-order valence-electron chi connectivity index (χ2n) is 10.8. The SMILES string of the molecule is CN=C(N)NC(=O)CCCSc1nc(-c2ncccn2)nc(NS(=O)(=O)c2ccc(C(C)(C)C)cc2)c1Oc1ccccc1OC. The van der Waals surface area contributed by atoms with Crippen molar-refractivity contribution in [1.82, 2.24) is 25.3 Å². The van der Waals surface area contributed by atoms with Crippen molar-refractivity contribution in [3.63, 3.8) is 0 Å². The third-order valence-electron chi connectivity index (χ3n) is 6.44. The van der Waals surface area contributed by atoms with Crippen LogP contribution in [0.2, 0.25) is 0 Å². The van der Waals surface area contributed by atoms with Gasteiger partial charge in [0, 0.05) is 31.6 Å². The number of carbonyl (C=O) groups is 1. The van der Waals surface area contributed by atoms with Crippen LogP contribution in [0.3, 0.4) is 0 Å². The van der Waals surface area contributed by atoms with Gasteiger partial charge in [-0.2, -0.15) is 0 Å². The fourth-order valence-electron chi connectivity index (χ4n) is 4.00. The Hall–Kier alpha value is -4.76. The van der Waals surface area contributed by atoms with Gasteiger partial charge >= 0.3 is 0 Å². The maximum absolute atomic E-state index is 13.7. The van der Waals surface area contributed by atoms with Gasteiger partial charge in [-0.3, -0.25) is 19.8 Å². The molecule has 2 aromatic carbocycles. The van der Waals surface area contributed by atoms with E-state index in [1.54, 1.807) is 54.6 Å². The predicted molar refractivity (Wildman–Crippen MR) is 178 cm³/mol. The summed E-state index contributed by atoms with van der Waals surface area (Å²) in [7, 11) is -1.18. The lowest BCUT2D eigenvalue weighted by Crippen LogP contribution is -2.36. The van der Waals surface area contributed by atoms with E-state index in [4.69, 9.17) is 15.2 Å². The molecule has 46 heavy (non-hydrogen) atoms. The Balaban J connectivity index is 1.77. The van der Waals surface area contributed by atoms with Gasteiger partial charge in [0.15, 0.2) is 29.1 Å². The van der Waals surface area contributed by atoms with Gasteiger partial charge in [-0.15, -0.1) is 11.8 Å². The number of sulfonamides is 1. The van der Waals surface area contributed by atoms with Crippen LogP contribution in [0, 0.1) is 0 Å². The second kappa shape index (κ2) is 15.0. The average molecular weight is 665 g/mol. The number of hydrogen-bond donors (Lipinski definition) is 3. The summed E-state index contributed by atoms with van der Waals surface area (Å²) in [5.41, 5.74) is 6.41. The molecule has 2 heterocycles. The maximum Gasteiger partial charge on any atom is 0.263 e. The quantitative estimate of drug-likeness (QED) is 0.0624. The van der Waals surface area contributed by atoms with Crippen LogP contribution in [0.25, 0.3) is 11.6 Å². The van der Waals surface area contributed by atoms with Crippen molar-refractivity contribution in [2.75, 3.05) is 24.6 Å². The Bertz CT molecular complexity index is 1800. The molecule has 0 bridgehead atoms. The number of ether oxygens (including phenoxy) is 2. The van der Waals surface area contributed by atoms with E-state index in [0.29, 0.717) is 28.7 Å². The van der Waals surface area contributed by atoms with E-state index in [9.17, 15) is 13.2 Å². The molecule has 4 aromatic rings. The number of nitrogens with zero attached hydrogens (tertiary/aromatic N) is 5. The van der Waals surface area contributed by atoms with Crippen LogP contribution in [0.15, 0.2) is 81.9 Å². The number of nitrogens with two attached hydrogens (primary N) is 1. The molecule has 2 aromatic heterocycles. The summed E-state index contributed by atoms with van der Waals surface area (Å²) in [6.07, 6.45) is 3.66. The number of aromatic nitrogens is 4. The molecule has 13 nitrogen and oxygen atoms in total. The number of carbonyl (C=O) groups excluding carboxylic acids is 1. The first-order valence-corrected chi connectivity index (χ1v) is 16.7. The molecule has 4 rings (SSSR count). The molecule has 4 N–H and O–H groups in total. The number of methoxy groups -OCH3 is 1. The fourth-order valence-corrected chi connectivity index (χ4v) is 5.91. The normalized spacial score (nSPS) is 12.0. The third kappa shape index (κ3) is 8.91. The number of benzene rings is 2. The third-order valence-corrected chi connectivity index (χ3v) is 8.84. The van der Waals surface area contributed by atoms with Crippen LogP contribution < -0.4 is 25.2 Å². The molecular weight excluding hydrogens is 629 g/mol. The summed E-state index contributed by atoms with van der Waals surface area (Å²) in [5, 5.41) is 2.79. The Morgan fingerprint density at radius 2 is 1.65 bits per heavy atom. The van der Waals surface area contributed by atoms with Crippen molar-refractivity contribution >= 4 is 39.5 Å². The fraction of sp³-hybridized carbons (Fsp3) is 0.290. The lowest BCUT2D eigenvalue weighted by atomic mass is 9.87. The summed E-state index contributed by atoms with van der Waals surface area (Å²) in [6, 6.07) is 15.2. The number of aliphatic imine (C=N–C) groups is 1. The number of rotatable bonds is 12. The molecule has 0 aliphatic carbocycles. The summed E-state index contributed by atoms with van der Waals surface area (Å²) >= 11 is 1.25. The first kappa shape index (κ1) is 34.1. The van der Waals surface area contributed by atoms with Crippen molar-refractivity contribution < 1.29 is 22.7 Å². The number of anilines is 1. The molecule has 0 fully saturated rings. The molecule has 0 unspecified atom stereocenters. The molecule has 0 saturated carbocycles. The van der Waals surface area contributed by atoms with E-state index in [1.165, 1.54) is 38.3 Å². The summed E-state index contributed by atoms with van der Waals surface area (Å²) in [6.45, 7) is 6.14. The maximum atomic E-state index is 13.7. The van der Waals surface area contributed by atoms with E-state index in [-0.39, 0.29) is 51.8 Å².